The van der Waals surface area contributed by atoms with Crippen LogP contribution in [0.25, 0.3) is 0 Å². The molecule has 2 rings (SSSR count). The molecule has 17 heavy (non-hydrogen) atoms. The first-order chi connectivity index (χ1) is 8.20. The van der Waals surface area contributed by atoms with Crippen LogP contribution in [0.5, 0.6) is 0 Å². The van der Waals surface area contributed by atoms with E-state index in [9.17, 15) is 0 Å². The molecule has 2 fully saturated rings. The maximum absolute atomic E-state index is 9.10. The highest BCUT2D eigenvalue weighted by atomic mass is 17.1. The van der Waals surface area contributed by atoms with Gasteiger partial charge < -0.3 is 9.47 Å². The van der Waals surface area contributed by atoms with Crippen molar-refractivity contribution in [3.63, 3.8) is 0 Å². The van der Waals surface area contributed by atoms with E-state index < -0.39 is 6.29 Å². The standard InChI is InChI=1S/C13H24O4/c1-9-3-5-11(6-4-9)12(17-14)13-15-7-10(2)8-16-13/h9-14H,3-8H2,1-2H3. The van der Waals surface area contributed by atoms with Crippen LogP contribution in [-0.4, -0.2) is 30.9 Å². The fourth-order valence-electron chi connectivity index (χ4n) is 2.78. The van der Waals surface area contributed by atoms with Gasteiger partial charge in [-0.15, -0.1) is 0 Å². The summed E-state index contributed by atoms with van der Waals surface area (Å²) in [6, 6.07) is 0. The Labute approximate surface area is 103 Å². The topological polar surface area (TPSA) is 47.9 Å². The van der Waals surface area contributed by atoms with Gasteiger partial charge in [0, 0.05) is 5.92 Å². The molecule has 1 saturated carbocycles. The van der Waals surface area contributed by atoms with Crippen LogP contribution in [0.4, 0.5) is 0 Å². The molecule has 1 saturated heterocycles. The number of hydrogen-bond donors (Lipinski definition) is 1. The van der Waals surface area contributed by atoms with Crippen molar-refractivity contribution in [1.82, 2.24) is 0 Å². The normalized spacial score (nSPS) is 41.1. The van der Waals surface area contributed by atoms with Crippen molar-refractivity contribution >= 4 is 0 Å². The lowest BCUT2D eigenvalue weighted by molar-refractivity contribution is -0.358. The summed E-state index contributed by atoms with van der Waals surface area (Å²) in [7, 11) is 0. The maximum Gasteiger partial charge on any atom is 0.187 e. The third kappa shape index (κ3) is 3.41. The van der Waals surface area contributed by atoms with Crippen molar-refractivity contribution in [2.24, 2.45) is 17.8 Å². The van der Waals surface area contributed by atoms with Crippen LogP contribution in [0.2, 0.25) is 0 Å². The summed E-state index contributed by atoms with van der Waals surface area (Å²) < 4.78 is 11.2. The van der Waals surface area contributed by atoms with Crippen molar-refractivity contribution in [2.75, 3.05) is 13.2 Å². The number of hydrogen-bond acceptors (Lipinski definition) is 4. The third-order valence-corrected chi connectivity index (χ3v) is 4.01. The van der Waals surface area contributed by atoms with Crippen molar-refractivity contribution in [2.45, 2.75) is 51.9 Å². The minimum atomic E-state index is -0.394. The molecule has 1 unspecified atom stereocenters. The van der Waals surface area contributed by atoms with Gasteiger partial charge in [0.1, 0.15) is 6.10 Å². The number of rotatable bonds is 3. The monoisotopic (exact) mass is 244 g/mol. The highest BCUT2D eigenvalue weighted by Crippen LogP contribution is 2.34. The zero-order chi connectivity index (χ0) is 12.3. The lowest BCUT2D eigenvalue weighted by Gasteiger charge is -2.37. The predicted octanol–water partition coefficient (Wildman–Crippen LogP) is 2.68. The van der Waals surface area contributed by atoms with E-state index >= 15 is 0 Å². The van der Waals surface area contributed by atoms with Gasteiger partial charge in [0.15, 0.2) is 6.29 Å². The molecular weight excluding hydrogens is 220 g/mol. The zero-order valence-electron chi connectivity index (χ0n) is 10.8. The van der Waals surface area contributed by atoms with Gasteiger partial charge in [-0.2, -0.15) is 0 Å². The molecular formula is C13H24O4. The van der Waals surface area contributed by atoms with E-state index in [1.165, 1.54) is 12.8 Å². The lowest BCUT2D eigenvalue weighted by Crippen LogP contribution is -2.44. The Kier molecular flexibility index (Phi) is 4.79. The van der Waals surface area contributed by atoms with Crippen LogP contribution in [-0.2, 0) is 14.4 Å². The molecule has 2 aliphatic rings. The summed E-state index contributed by atoms with van der Waals surface area (Å²) in [5.41, 5.74) is 0. The fraction of sp³-hybridized carbons (Fsp3) is 1.00. The molecule has 0 aromatic carbocycles. The zero-order valence-corrected chi connectivity index (χ0v) is 10.8. The first-order valence-corrected chi connectivity index (χ1v) is 6.74. The summed E-state index contributed by atoms with van der Waals surface area (Å²) >= 11 is 0. The molecule has 1 aliphatic carbocycles. The predicted molar refractivity (Wildman–Crippen MR) is 63.5 cm³/mol. The van der Waals surface area contributed by atoms with Crippen LogP contribution < -0.4 is 0 Å². The van der Waals surface area contributed by atoms with Gasteiger partial charge in [0.2, 0.25) is 0 Å². The summed E-state index contributed by atoms with van der Waals surface area (Å²) in [5.74, 6) is 1.57. The second kappa shape index (κ2) is 6.14. The minimum absolute atomic E-state index is 0.324. The summed E-state index contributed by atoms with van der Waals surface area (Å²) in [4.78, 5) is 4.65. The first kappa shape index (κ1) is 13.3. The fourth-order valence-corrected chi connectivity index (χ4v) is 2.78. The Hall–Kier alpha value is -0.160. The highest BCUT2D eigenvalue weighted by Gasteiger charge is 2.36. The van der Waals surface area contributed by atoms with E-state index in [0.717, 1.165) is 18.8 Å². The second-order valence-electron chi connectivity index (χ2n) is 5.73. The molecule has 1 heterocycles. The van der Waals surface area contributed by atoms with E-state index in [0.29, 0.717) is 25.0 Å². The van der Waals surface area contributed by atoms with E-state index in [2.05, 4.69) is 18.7 Å². The molecule has 0 radical (unpaired) electrons. The van der Waals surface area contributed by atoms with Gasteiger partial charge in [0.25, 0.3) is 0 Å². The Bertz CT molecular complexity index is 195. The minimum Gasteiger partial charge on any atom is -0.349 e. The Balaban J connectivity index is 1.87. The molecule has 0 aromatic rings. The quantitative estimate of drug-likeness (QED) is 0.612. The molecule has 0 spiro atoms. The van der Waals surface area contributed by atoms with E-state index in [4.69, 9.17) is 14.7 Å². The van der Waals surface area contributed by atoms with Crippen LogP contribution >= 0.6 is 0 Å². The van der Waals surface area contributed by atoms with Crippen LogP contribution in [0, 0.1) is 17.8 Å². The molecule has 1 N–H and O–H groups in total. The summed E-state index contributed by atoms with van der Waals surface area (Å²) in [5, 5.41) is 9.10. The Morgan fingerprint density at radius 3 is 2.12 bits per heavy atom. The Morgan fingerprint density at radius 2 is 1.59 bits per heavy atom. The van der Waals surface area contributed by atoms with Crippen LogP contribution in [0.1, 0.15) is 39.5 Å². The molecule has 0 bridgehead atoms. The smallest absolute Gasteiger partial charge is 0.187 e. The average Bonchev–Trinajstić information content (AvgIpc) is 2.35. The second-order valence-corrected chi connectivity index (χ2v) is 5.73. The summed E-state index contributed by atoms with van der Waals surface area (Å²) in [6.45, 7) is 5.74. The van der Waals surface area contributed by atoms with Crippen LogP contribution in [0.3, 0.4) is 0 Å². The van der Waals surface area contributed by atoms with Gasteiger partial charge in [0.05, 0.1) is 13.2 Å². The van der Waals surface area contributed by atoms with Gasteiger partial charge in [-0.25, -0.2) is 4.89 Å². The van der Waals surface area contributed by atoms with Gasteiger partial charge in [-0.05, 0) is 24.7 Å². The SMILES string of the molecule is CC1CCC(C(OO)C2OCC(C)CO2)CC1. The van der Waals surface area contributed by atoms with Gasteiger partial charge in [-0.1, -0.05) is 26.7 Å². The highest BCUT2D eigenvalue weighted by molar-refractivity contribution is 4.80. The lowest BCUT2D eigenvalue weighted by atomic mass is 9.80. The van der Waals surface area contributed by atoms with E-state index in [1.807, 2.05) is 0 Å². The molecule has 1 aliphatic heterocycles. The van der Waals surface area contributed by atoms with Crippen molar-refractivity contribution in [1.29, 1.82) is 0 Å². The third-order valence-electron chi connectivity index (χ3n) is 4.01. The molecule has 0 aromatic heterocycles. The maximum atomic E-state index is 9.10. The first-order valence-electron chi connectivity index (χ1n) is 6.74. The van der Waals surface area contributed by atoms with E-state index in [-0.39, 0.29) is 6.10 Å². The average molecular weight is 244 g/mol. The molecule has 4 nitrogen and oxygen atoms in total. The molecule has 4 heteroatoms. The molecule has 0 amide bonds. The van der Waals surface area contributed by atoms with Gasteiger partial charge >= 0.3 is 0 Å². The van der Waals surface area contributed by atoms with Crippen molar-refractivity contribution in [3.05, 3.63) is 0 Å². The van der Waals surface area contributed by atoms with Crippen molar-refractivity contribution in [3.8, 4) is 0 Å². The van der Waals surface area contributed by atoms with Crippen LogP contribution in [0.15, 0.2) is 0 Å². The summed E-state index contributed by atoms with van der Waals surface area (Å²) in [6.07, 6.45) is 3.86. The van der Waals surface area contributed by atoms with E-state index in [1.54, 1.807) is 0 Å². The largest absolute Gasteiger partial charge is 0.349 e. The molecule has 1 atom stereocenters. The van der Waals surface area contributed by atoms with Crippen molar-refractivity contribution < 1.29 is 19.6 Å². The van der Waals surface area contributed by atoms with Gasteiger partial charge in [-0.3, -0.25) is 5.26 Å². The molecule has 100 valence electrons. The Morgan fingerprint density at radius 1 is 1.00 bits per heavy atom. The number of ether oxygens (including phenoxy) is 2.